The van der Waals surface area contributed by atoms with Crippen LogP contribution in [0.3, 0.4) is 0 Å². The van der Waals surface area contributed by atoms with E-state index in [1.807, 2.05) is 18.7 Å². The predicted octanol–water partition coefficient (Wildman–Crippen LogP) is 2.08. The van der Waals surface area contributed by atoms with E-state index in [2.05, 4.69) is 15.0 Å². The standard InChI is InChI=1S/C14H16N4O2/c1-3-18(4-2)14-16-9-10(13(19)20)12(17-14)11-7-5-6-8-15-11/h5-9H,3-4H2,1-2H3,(H,19,20). The van der Waals surface area contributed by atoms with E-state index in [4.69, 9.17) is 0 Å². The number of anilines is 1. The highest BCUT2D eigenvalue weighted by Crippen LogP contribution is 2.21. The molecule has 0 spiro atoms. The average Bonchev–Trinajstić information content (AvgIpc) is 2.49. The van der Waals surface area contributed by atoms with E-state index >= 15 is 0 Å². The molecule has 0 atom stereocenters. The molecule has 2 rings (SSSR count). The van der Waals surface area contributed by atoms with Crippen LogP contribution in [0.5, 0.6) is 0 Å². The number of carbonyl (C=O) groups is 1. The molecule has 0 radical (unpaired) electrons. The van der Waals surface area contributed by atoms with Crippen LogP contribution in [-0.4, -0.2) is 39.1 Å². The second-order valence-corrected chi connectivity index (χ2v) is 4.12. The van der Waals surface area contributed by atoms with Gasteiger partial charge in [-0.1, -0.05) is 6.07 Å². The third kappa shape index (κ3) is 2.74. The van der Waals surface area contributed by atoms with Gasteiger partial charge in [0.25, 0.3) is 0 Å². The van der Waals surface area contributed by atoms with Crippen LogP contribution in [-0.2, 0) is 0 Å². The summed E-state index contributed by atoms with van der Waals surface area (Å²) in [6.45, 7) is 5.51. The molecule has 2 aromatic heterocycles. The van der Waals surface area contributed by atoms with Crippen molar-refractivity contribution in [1.82, 2.24) is 15.0 Å². The minimum atomic E-state index is -1.06. The van der Waals surface area contributed by atoms with Gasteiger partial charge in [-0.25, -0.2) is 14.8 Å². The predicted molar refractivity (Wildman–Crippen MR) is 75.8 cm³/mol. The molecular weight excluding hydrogens is 256 g/mol. The molecule has 0 saturated heterocycles. The lowest BCUT2D eigenvalue weighted by Gasteiger charge is -2.19. The van der Waals surface area contributed by atoms with Crippen LogP contribution in [0.25, 0.3) is 11.4 Å². The SMILES string of the molecule is CCN(CC)c1ncc(C(=O)O)c(-c2ccccn2)n1. The quantitative estimate of drug-likeness (QED) is 0.897. The Morgan fingerprint density at radius 3 is 2.55 bits per heavy atom. The van der Waals surface area contributed by atoms with Gasteiger partial charge in [-0.3, -0.25) is 4.98 Å². The second kappa shape index (κ2) is 6.10. The number of aromatic nitrogens is 3. The summed E-state index contributed by atoms with van der Waals surface area (Å²) in [5.41, 5.74) is 0.926. The van der Waals surface area contributed by atoms with Gasteiger partial charge < -0.3 is 10.0 Å². The Morgan fingerprint density at radius 2 is 2.00 bits per heavy atom. The molecule has 104 valence electrons. The maximum absolute atomic E-state index is 11.3. The fourth-order valence-electron chi connectivity index (χ4n) is 1.89. The molecule has 0 amide bonds. The summed E-state index contributed by atoms with van der Waals surface area (Å²) in [6, 6.07) is 5.31. The maximum Gasteiger partial charge on any atom is 0.339 e. The first-order valence-electron chi connectivity index (χ1n) is 6.44. The van der Waals surface area contributed by atoms with Gasteiger partial charge in [-0.2, -0.15) is 0 Å². The molecule has 6 heteroatoms. The fourth-order valence-corrected chi connectivity index (χ4v) is 1.89. The Kier molecular flexibility index (Phi) is 4.24. The Bertz CT molecular complexity index is 597. The Hall–Kier alpha value is -2.50. The van der Waals surface area contributed by atoms with E-state index in [1.165, 1.54) is 6.20 Å². The fraction of sp³-hybridized carbons (Fsp3) is 0.286. The van der Waals surface area contributed by atoms with E-state index in [0.717, 1.165) is 13.1 Å². The first kappa shape index (κ1) is 13.9. The maximum atomic E-state index is 11.3. The van der Waals surface area contributed by atoms with Crippen molar-refractivity contribution in [3.8, 4) is 11.4 Å². The molecule has 0 unspecified atom stereocenters. The summed E-state index contributed by atoms with van der Waals surface area (Å²) >= 11 is 0. The van der Waals surface area contributed by atoms with Crippen molar-refractivity contribution >= 4 is 11.9 Å². The highest BCUT2D eigenvalue weighted by Gasteiger charge is 2.17. The Morgan fingerprint density at radius 1 is 1.25 bits per heavy atom. The normalized spacial score (nSPS) is 10.3. The molecule has 2 heterocycles. The molecule has 0 bridgehead atoms. The number of carboxylic acids is 1. The van der Waals surface area contributed by atoms with Crippen molar-refractivity contribution in [3.05, 3.63) is 36.2 Å². The molecule has 0 saturated carbocycles. The lowest BCUT2D eigenvalue weighted by molar-refractivity contribution is 0.0697. The van der Waals surface area contributed by atoms with Gasteiger partial charge in [0.1, 0.15) is 11.3 Å². The third-order valence-corrected chi connectivity index (χ3v) is 2.96. The largest absolute Gasteiger partial charge is 0.478 e. The molecule has 2 aromatic rings. The van der Waals surface area contributed by atoms with Gasteiger partial charge in [-0.05, 0) is 26.0 Å². The van der Waals surface area contributed by atoms with Gasteiger partial charge in [-0.15, -0.1) is 0 Å². The molecule has 6 nitrogen and oxygen atoms in total. The first-order chi connectivity index (χ1) is 9.67. The van der Waals surface area contributed by atoms with Crippen LogP contribution in [0.4, 0.5) is 5.95 Å². The minimum absolute atomic E-state index is 0.0552. The second-order valence-electron chi connectivity index (χ2n) is 4.12. The molecule has 0 fully saturated rings. The van der Waals surface area contributed by atoms with Crippen LogP contribution >= 0.6 is 0 Å². The molecule has 0 aliphatic heterocycles. The number of pyridine rings is 1. The zero-order chi connectivity index (χ0) is 14.5. The van der Waals surface area contributed by atoms with Crippen LogP contribution in [0.15, 0.2) is 30.6 Å². The van der Waals surface area contributed by atoms with Crippen molar-refractivity contribution < 1.29 is 9.90 Å². The van der Waals surface area contributed by atoms with Crippen molar-refractivity contribution in [2.24, 2.45) is 0 Å². The van der Waals surface area contributed by atoms with Crippen molar-refractivity contribution in [2.75, 3.05) is 18.0 Å². The summed E-state index contributed by atoms with van der Waals surface area (Å²) < 4.78 is 0. The lowest BCUT2D eigenvalue weighted by atomic mass is 10.1. The molecular formula is C14H16N4O2. The van der Waals surface area contributed by atoms with Gasteiger partial charge in [0, 0.05) is 25.5 Å². The van der Waals surface area contributed by atoms with Crippen LogP contribution in [0.1, 0.15) is 24.2 Å². The topological polar surface area (TPSA) is 79.2 Å². The molecule has 0 aromatic carbocycles. The molecule has 20 heavy (non-hydrogen) atoms. The zero-order valence-corrected chi connectivity index (χ0v) is 11.4. The number of aromatic carboxylic acids is 1. The molecule has 0 aliphatic carbocycles. The van der Waals surface area contributed by atoms with Crippen LogP contribution in [0.2, 0.25) is 0 Å². The van der Waals surface area contributed by atoms with Crippen LogP contribution < -0.4 is 4.90 Å². The summed E-state index contributed by atoms with van der Waals surface area (Å²) in [7, 11) is 0. The number of carboxylic acid groups (broad SMARTS) is 1. The number of hydrogen-bond acceptors (Lipinski definition) is 5. The van der Waals surface area contributed by atoms with E-state index in [0.29, 0.717) is 17.3 Å². The van der Waals surface area contributed by atoms with E-state index in [1.54, 1.807) is 24.4 Å². The Labute approximate surface area is 117 Å². The monoisotopic (exact) mass is 272 g/mol. The highest BCUT2D eigenvalue weighted by atomic mass is 16.4. The third-order valence-electron chi connectivity index (χ3n) is 2.96. The van der Waals surface area contributed by atoms with Gasteiger partial charge in [0.2, 0.25) is 5.95 Å². The van der Waals surface area contributed by atoms with E-state index in [9.17, 15) is 9.90 Å². The summed E-state index contributed by atoms with van der Waals surface area (Å²) in [5, 5.41) is 9.25. The molecule has 0 aliphatic rings. The summed E-state index contributed by atoms with van der Waals surface area (Å²) in [6.07, 6.45) is 2.95. The van der Waals surface area contributed by atoms with Crippen LogP contribution in [0, 0.1) is 0 Å². The summed E-state index contributed by atoms with van der Waals surface area (Å²) in [5.74, 6) is -0.544. The van der Waals surface area contributed by atoms with E-state index in [-0.39, 0.29) is 5.56 Å². The average molecular weight is 272 g/mol. The van der Waals surface area contributed by atoms with Crippen molar-refractivity contribution in [1.29, 1.82) is 0 Å². The highest BCUT2D eigenvalue weighted by molar-refractivity contribution is 5.94. The lowest BCUT2D eigenvalue weighted by Crippen LogP contribution is -2.24. The van der Waals surface area contributed by atoms with Crippen molar-refractivity contribution in [3.63, 3.8) is 0 Å². The number of nitrogens with zero attached hydrogens (tertiary/aromatic N) is 4. The number of rotatable bonds is 5. The van der Waals surface area contributed by atoms with Gasteiger partial charge in [0.05, 0.1) is 5.69 Å². The first-order valence-corrected chi connectivity index (χ1v) is 6.44. The zero-order valence-electron chi connectivity index (χ0n) is 11.4. The number of hydrogen-bond donors (Lipinski definition) is 1. The van der Waals surface area contributed by atoms with Gasteiger partial charge >= 0.3 is 5.97 Å². The smallest absolute Gasteiger partial charge is 0.339 e. The summed E-state index contributed by atoms with van der Waals surface area (Å²) in [4.78, 5) is 25.9. The van der Waals surface area contributed by atoms with Crippen molar-refractivity contribution in [2.45, 2.75) is 13.8 Å². The molecule has 1 N–H and O–H groups in total. The van der Waals surface area contributed by atoms with E-state index < -0.39 is 5.97 Å². The Balaban J connectivity index is 2.56. The van der Waals surface area contributed by atoms with Gasteiger partial charge in [0.15, 0.2) is 0 Å². The minimum Gasteiger partial charge on any atom is -0.478 e.